The second kappa shape index (κ2) is 4.69. The van der Waals surface area contributed by atoms with Crippen LogP contribution in [0, 0.1) is 11.3 Å². The molecule has 4 nitrogen and oxygen atoms in total. The van der Waals surface area contributed by atoms with Crippen LogP contribution in [0.2, 0.25) is 0 Å². The molecule has 0 aliphatic heterocycles. The van der Waals surface area contributed by atoms with Crippen molar-refractivity contribution in [2.75, 3.05) is 13.6 Å². The number of nitrogens with zero attached hydrogens (tertiary/aromatic N) is 2. The quantitative estimate of drug-likeness (QED) is 0.606. The molecule has 1 unspecified atom stereocenters. The van der Waals surface area contributed by atoms with E-state index >= 15 is 0 Å². The van der Waals surface area contributed by atoms with Crippen LogP contribution in [0.4, 0.5) is 0 Å². The molecule has 1 amide bonds. The van der Waals surface area contributed by atoms with Crippen LogP contribution in [0.5, 0.6) is 0 Å². The summed E-state index contributed by atoms with van der Waals surface area (Å²) in [5.74, 6) is -0.402. The lowest BCUT2D eigenvalue weighted by atomic mass is 10.2. The number of carbonyl (C=O) groups is 1. The number of nitrogens with two attached hydrogens (primary N) is 1. The molecule has 0 aromatic carbocycles. The molecule has 0 bridgehead atoms. The summed E-state index contributed by atoms with van der Waals surface area (Å²) in [5, 5.41) is 8.57. The summed E-state index contributed by atoms with van der Waals surface area (Å²) in [6.45, 7) is 2.04. The molecule has 62 valence electrons. The van der Waals surface area contributed by atoms with Gasteiger partial charge >= 0.3 is 0 Å². The van der Waals surface area contributed by atoms with E-state index in [1.54, 1.807) is 11.9 Å². The molecular formula is C7H13N3O. The van der Waals surface area contributed by atoms with E-state index in [0.717, 1.165) is 0 Å². The minimum atomic E-state index is -0.402. The summed E-state index contributed by atoms with van der Waals surface area (Å²) >= 11 is 0. The van der Waals surface area contributed by atoms with Gasteiger partial charge in [-0.3, -0.25) is 9.69 Å². The lowest BCUT2D eigenvalue weighted by molar-refractivity contribution is -0.119. The molecule has 0 aromatic rings. The molecule has 1 atom stereocenters. The standard InChI is InChI=1S/C7H13N3O/c1-3-6(4-8)10(2)5-7(9)11/h6H,3,5H2,1-2H3,(H2,9,11). The molecule has 0 radical (unpaired) electrons. The van der Waals surface area contributed by atoms with E-state index in [1.165, 1.54) is 0 Å². The topological polar surface area (TPSA) is 70.1 Å². The highest BCUT2D eigenvalue weighted by Gasteiger charge is 2.12. The Labute approximate surface area is 66.6 Å². The van der Waals surface area contributed by atoms with E-state index in [0.29, 0.717) is 6.42 Å². The van der Waals surface area contributed by atoms with Crippen LogP contribution in [-0.4, -0.2) is 30.4 Å². The fourth-order valence-corrected chi connectivity index (χ4v) is 0.858. The number of amides is 1. The summed E-state index contributed by atoms with van der Waals surface area (Å²) in [4.78, 5) is 12.1. The maximum Gasteiger partial charge on any atom is 0.231 e. The number of likely N-dealkylation sites (N-methyl/N-ethyl adjacent to an activating group) is 1. The summed E-state index contributed by atoms with van der Waals surface area (Å²) in [7, 11) is 1.71. The largest absolute Gasteiger partial charge is 0.369 e. The third-order valence-electron chi connectivity index (χ3n) is 1.47. The van der Waals surface area contributed by atoms with Crippen LogP contribution in [0.15, 0.2) is 0 Å². The van der Waals surface area contributed by atoms with Gasteiger partial charge in [0.05, 0.1) is 18.7 Å². The fourth-order valence-electron chi connectivity index (χ4n) is 0.858. The molecular weight excluding hydrogens is 142 g/mol. The molecule has 0 fully saturated rings. The second-order valence-corrected chi connectivity index (χ2v) is 2.43. The van der Waals surface area contributed by atoms with E-state index in [2.05, 4.69) is 6.07 Å². The zero-order valence-corrected chi connectivity index (χ0v) is 6.87. The molecule has 4 heteroatoms. The lowest BCUT2D eigenvalue weighted by Gasteiger charge is -2.18. The second-order valence-electron chi connectivity index (χ2n) is 2.43. The van der Waals surface area contributed by atoms with Crippen molar-refractivity contribution in [3.63, 3.8) is 0 Å². The van der Waals surface area contributed by atoms with Crippen molar-refractivity contribution in [1.82, 2.24) is 4.90 Å². The van der Waals surface area contributed by atoms with Crippen molar-refractivity contribution in [2.45, 2.75) is 19.4 Å². The number of hydrogen-bond donors (Lipinski definition) is 1. The van der Waals surface area contributed by atoms with Crippen LogP contribution < -0.4 is 5.73 Å². The molecule has 0 aliphatic carbocycles. The van der Waals surface area contributed by atoms with E-state index < -0.39 is 5.91 Å². The smallest absolute Gasteiger partial charge is 0.231 e. The Balaban J connectivity index is 3.91. The molecule has 0 spiro atoms. The van der Waals surface area contributed by atoms with Crippen LogP contribution in [0.3, 0.4) is 0 Å². The Hall–Kier alpha value is -1.08. The van der Waals surface area contributed by atoms with E-state index in [1.807, 2.05) is 6.92 Å². The van der Waals surface area contributed by atoms with E-state index in [-0.39, 0.29) is 12.6 Å². The Morgan fingerprint density at radius 1 is 1.82 bits per heavy atom. The van der Waals surface area contributed by atoms with Crippen LogP contribution in [-0.2, 0) is 4.79 Å². The third-order valence-corrected chi connectivity index (χ3v) is 1.47. The SMILES string of the molecule is CCC(C#N)N(C)CC(N)=O. The van der Waals surface area contributed by atoms with Gasteiger partial charge in [0.2, 0.25) is 5.91 Å². The fraction of sp³-hybridized carbons (Fsp3) is 0.714. The molecule has 0 aromatic heterocycles. The summed E-state index contributed by atoms with van der Waals surface area (Å²) in [5.41, 5.74) is 4.95. The van der Waals surface area contributed by atoms with Gasteiger partial charge in [0, 0.05) is 0 Å². The van der Waals surface area contributed by atoms with Crippen molar-refractivity contribution < 1.29 is 4.79 Å². The van der Waals surface area contributed by atoms with Gasteiger partial charge < -0.3 is 5.73 Å². The van der Waals surface area contributed by atoms with Gasteiger partial charge in [-0.2, -0.15) is 5.26 Å². The first-order valence-electron chi connectivity index (χ1n) is 3.50. The van der Waals surface area contributed by atoms with Crippen LogP contribution >= 0.6 is 0 Å². The van der Waals surface area contributed by atoms with E-state index in [9.17, 15) is 4.79 Å². The maximum atomic E-state index is 10.4. The van der Waals surface area contributed by atoms with Crippen LogP contribution in [0.25, 0.3) is 0 Å². The zero-order valence-electron chi connectivity index (χ0n) is 6.87. The van der Waals surface area contributed by atoms with Crippen molar-refractivity contribution in [3.8, 4) is 6.07 Å². The number of hydrogen-bond acceptors (Lipinski definition) is 3. The summed E-state index contributed by atoms with van der Waals surface area (Å²) < 4.78 is 0. The minimum Gasteiger partial charge on any atom is -0.369 e. The molecule has 0 aliphatic rings. The first kappa shape index (κ1) is 9.92. The highest BCUT2D eigenvalue weighted by atomic mass is 16.1. The number of nitriles is 1. The van der Waals surface area contributed by atoms with Gasteiger partial charge in [-0.25, -0.2) is 0 Å². The van der Waals surface area contributed by atoms with Gasteiger partial charge in [0.1, 0.15) is 0 Å². The maximum absolute atomic E-state index is 10.4. The average molecular weight is 155 g/mol. The third kappa shape index (κ3) is 3.58. The van der Waals surface area contributed by atoms with Gasteiger partial charge in [-0.15, -0.1) is 0 Å². The van der Waals surface area contributed by atoms with Crippen molar-refractivity contribution in [3.05, 3.63) is 0 Å². The van der Waals surface area contributed by atoms with Gasteiger partial charge in [-0.05, 0) is 13.5 Å². The Bertz CT molecular complexity index is 173. The number of primary amides is 1. The normalized spacial score (nSPS) is 12.5. The Morgan fingerprint density at radius 2 is 2.36 bits per heavy atom. The average Bonchev–Trinajstić information content (AvgIpc) is 1.88. The predicted octanol–water partition coefficient (Wildman–Crippen LogP) is -0.294. The highest BCUT2D eigenvalue weighted by Crippen LogP contribution is 1.98. The van der Waals surface area contributed by atoms with Gasteiger partial charge in [0.15, 0.2) is 0 Å². The summed E-state index contributed by atoms with van der Waals surface area (Å²) in [6.07, 6.45) is 0.709. The van der Waals surface area contributed by atoms with Crippen molar-refractivity contribution >= 4 is 5.91 Å². The van der Waals surface area contributed by atoms with Crippen molar-refractivity contribution in [2.24, 2.45) is 5.73 Å². The molecule has 0 heterocycles. The van der Waals surface area contributed by atoms with Gasteiger partial charge in [-0.1, -0.05) is 6.92 Å². The monoisotopic (exact) mass is 155 g/mol. The van der Waals surface area contributed by atoms with Gasteiger partial charge in [0.25, 0.3) is 0 Å². The van der Waals surface area contributed by atoms with Crippen LogP contribution in [0.1, 0.15) is 13.3 Å². The first-order valence-corrected chi connectivity index (χ1v) is 3.50. The lowest BCUT2D eigenvalue weighted by Crippen LogP contribution is -2.37. The van der Waals surface area contributed by atoms with E-state index in [4.69, 9.17) is 11.0 Å². The predicted molar refractivity (Wildman–Crippen MR) is 41.5 cm³/mol. The molecule has 2 N–H and O–H groups in total. The number of rotatable bonds is 4. The Kier molecular flexibility index (Phi) is 4.23. The molecule has 0 saturated heterocycles. The molecule has 11 heavy (non-hydrogen) atoms. The number of carbonyl (C=O) groups excluding carboxylic acids is 1. The minimum absolute atomic E-state index is 0.145. The molecule has 0 saturated carbocycles. The Morgan fingerprint density at radius 3 is 2.64 bits per heavy atom. The highest BCUT2D eigenvalue weighted by molar-refractivity contribution is 5.75. The molecule has 0 rings (SSSR count). The van der Waals surface area contributed by atoms with Crippen molar-refractivity contribution in [1.29, 1.82) is 5.26 Å². The summed E-state index contributed by atoms with van der Waals surface area (Å²) in [6, 6.07) is 1.87. The zero-order chi connectivity index (χ0) is 8.85. The first-order chi connectivity index (χ1) is 5.11.